The number of ketones is 1. The van der Waals surface area contributed by atoms with E-state index < -0.39 is 40.5 Å². The molecule has 4 heterocycles. The van der Waals surface area contributed by atoms with Gasteiger partial charge in [0.15, 0.2) is 47.1 Å². The first-order valence-electron chi connectivity index (χ1n) is 15.6. The summed E-state index contributed by atoms with van der Waals surface area (Å²) in [6, 6.07) is 10.8. The van der Waals surface area contributed by atoms with Crippen LogP contribution in [0.3, 0.4) is 0 Å². The molecule has 2 aromatic heterocycles. The second-order valence-electron chi connectivity index (χ2n) is 12.5. The first kappa shape index (κ1) is 36.3. The average Bonchev–Trinajstić information content (AvgIpc) is 3.54. The number of phenols is 2. The summed E-state index contributed by atoms with van der Waals surface area (Å²) in [6.07, 6.45) is 6.69. The van der Waals surface area contributed by atoms with E-state index in [4.69, 9.17) is 22.2 Å². The Morgan fingerprint density at radius 2 is 1.90 bits per heavy atom. The summed E-state index contributed by atoms with van der Waals surface area (Å²) >= 11 is 8.61. The summed E-state index contributed by atoms with van der Waals surface area (Å²) in [4.78, 5) is 61.2. The van der Waals surface area contributed by atoms with Gasteiger partial charge in [-0.3, -0.25) is 14.5 Å². The molecule has 0 aliphatic carbocycles. The van der Waals surface area contributed by atoms with E-state index in [1.807, 2.05) is 35.0 Å². The quantitative estimate of drug-likeness (QED) is 0.0446. The smallest absolute Gasteiger partial charge is 0.352 e. The number of carboxylic acids is 2. The fourth-order valence-electron chi connectivity index (χ4n) is 5.59. The number of phenolic OH excluding ortho intramolecular Hbond substituents is 2. The number of carboxylic acid groups (broad SMARTS) is 2. The van der Waals surface area contributed by atoms with Gasteiger partial charge in [0.25, 0.3) is 0 Å². The third kappa shape index (κ3) is 7.17. The maximum atomic E-state index is 13.4. The number of amides is 1. The minimum Gasteiger partial charge on any atom is -0.504 e. The highest BCUT2D eigenvalue weighted by Gasteiger charge is 2.54. The number of hydrogen-bond donors (Lipinski definition) is 5. The summed E-state index contributed by atoms with van der Waals surface area (Å²) in [5.41, 5.74) is 5.77. The summed E-state index contributed by atoms with van der Waals surface area (Å²) in [5, 5.41) is 45.5. The molecule has 52 heavy (non-hydrogen) atoms. The molecule has 6 rings (SSSR count). The molecule has 0 radical (unpaired) electrons. The number of carbonyl (C=O) groups excluding carboxylic acids is 2. The van der Waals surface area contributed by atoms with Gasteiger partial charge in [-0.05, 0) is 36.4 Å². The monoisotopic (exact) mass is 764 g/mol. The van der Waals surface area contributed by atoms with Gasteiger partial charge in [0.05, 0.1) is 16.7 Å². The van der Waals surface area contributed by atoms with Crippen molar-refractivity contribution in [1.29, 1.82) is 0 Å². The van der Waals surface area contributed by atoms with Gasteiger partial charge in [-0.15, -0.1) is 23.1 Å². The number of aliphatic carboxylic acids is 2. The molecule has 14 nitrogen and oxygen atoms in total. The number of aromatic nitrogens is 2. The van der Waals surface area contributed by atoms with Gasteiger partial charge in [-0.2, -0.15) is 0 Å². The number of nitrogens with two attached hydrogens (primary N) is 1. The molecule has 4 aromatic rings. The standard InChI is InChI=1S/C35H30ClN5O9S2/c1-35(2,33(48)49)50-39-27(23-16-52-34(37)38-23)24(42)12-21-30(45)41-28(32(46)47)20(15-51-31(21)41)8-7-17-3-5-18(6-4-17)13-40-10-9-19-11-25(43)29(44)26(36)22(19)14-40/h3-11,14,16,21,31H,12-13,15H2,1-2H3,(H5,37,38,44,46,47,48,49)/p+1/b8-7?,39-27-/t21-,31-/m1/s1. The Morgan fingerprint density at radius 3 is 2.56 bits per heavy atom. The molecule has 2 atom stereocenters. The number of anilines is 1. The lowest BCUT2D eigenvalue weighted by Crippen LogP contribution is -2.62. The molecule has 17 heteroatoms. The molecule has 1 fully saturated rings. The van der Waals surface area contributed by atoms with Crippen LogP contribution < -0.4 is 10.3 Å². The van der Waals surface area contributed by atoms with Crippen LogP contribution in [0.25, 0.3) is 16.8 Å². The minimum atomic E-state index is -1.76. The zero-order chi connectivity index (χ0) is 37.5. The van der Waals surface area contributed by atoms with E-state index in [-0.39, 0.29) is 50.9 Å². The molecule has 2 aliphatic heterocycles. The molecule has 2 aliphatic rings. The maximum Gasteiger partial charge on any atom is 0.352 e. The SMILES string of the molecule is CC(C)(O/N=C(\C(=O)C[C@@H]1C(=O)N2C(C(=O)O)=C(C=Cc3ccc(C[n+]4ccc5cc(O)c(O)c(Cl)c5c4)cc3)CS[C@H]12)c1csc(N)n1)C(=O)O. The number of pyridine rings is 1. The number of thioether (sulfide) groups is 1. The molecule has 2 aromatic carbocycles. The van der Waals surface area contributed by atoms with Crippen molar-refractivity contribution >= 4 is 86.0 Å². The average molecular weight is 765 g/mol. The number of rotatable bonds is 12. The number of benzene rings is 2. The number of oxime groups is 1. The van der Waals surface area contributed by atoms with Crippen molar-refractivity contribution in [2.75, 3.05) is 11.5 Å². The number of allylic oxidation sites excluding steroid dienone is 1. The molecule has 0 spiro atoms. The van der Waals surface area contributed by atoms with Crippen molar-refractivity contribution in [2.24, 2.45) is 11.1 Å². The van der Waals surface area contributed by atoms with E-state index in [1.165, 1.54) is 42.0 Å². The number of thiazole rings is 1. The lowest BCUT2D eigenvalue weighted by Gasteiger charge is -2.49. The Morgan fingerprint density at radius 1 is 1.17 bits per heavy atom. The van der Waals surface area contributed by atoms with Crippen LogP contribution in [0, 0.1) is 5.92 Å². The summed E-state index contributed by atoms with van der Waals surface area (Å²) < 4.78 is 1.89. The Labute approximate surface area is 309 Å². The third-order valence-corrected chi connectivity index (χ3v) is 10.9. The van der Waals surface area contributed by atoms with Crippen molar-refractivity contribution in [3.05, 3.63) is 93.4 Å². The van der Waals surface area contributed by atoms with E-state index in [0.29, 0.717) is 22.9 Å². The normalized spacial score (nSPS) is 17.7. The number of carbonyl (C=O) groups is 4. The predicted molar refractivity (Wildman–Crippen MR) is 194 cm³/mol. The lowest BCUT2D eigenvalue weighted by atomic mass is 9.89. The number of Topliss-reactive ketones (excluding diaryl/α,β-unsaturated/α-hetero) is 1. The molecule has 1 saturated heterocycles. The van der Waals surface area contributed by atoms with E-state index in [9.17, 15) is 39.6 Å². The molecule has 6 N–H and O–H groups in total. The molecule has 0 saturated carbocycles. The summed E-state index contributed by atoms with van der Waals surface area (Å²) in [7, 11) is 0. The Balaban J connectivity index is 1.15. The van der Waals surface area contributed by atoms with Crippen LogP contribution in [0.1, 0.15) is 37.1 Å². The Hall–Kier alpha value is -5.45. The van der Waals surface area contributed by atoms with Crippen LogP contribution in [0.2, 0.25) is 5.02 Å². The second-order valence-corrected chi connectivity index (χ2v) is 14.9. The van der Waals surface area contributed by atoms with Gasteiger partial charge in [-0.25, -0.2) is 19.1 Å². The minimum absolute atomic E-state index is 0.0569. The van der Waals surface area contributed by atoms with E-state index in [1.54, 1.807) is 24.4 Å². The highest BCUT2D eigenvalue weighted by Crippen LogP contribution is 2.46. The molecular formula is C35H31ClN5O9S2+. The third-order valence-electron chi connectivity index (χ3n) is 8.48. The van der Waals surface area contributed by atoms with E-state index >= 15 is 0 Å². The van der Waals surface area contributed by atoms with Gasteiger partial charge < -0.3 is 31.0 Å². The number of halogens is 1. The molecule has 0 bridgehead atoms. The Bertz CT molecular complexity index is 2230. The molecule has 1 amide bonds. The Kier molecular flexibility index (Phi) is 9.98. The highest BCUT2D eigenvalue weighted by atomic mass is 35.5. The van der Waals surface area contributed by atoms with Gasteiger partial charge in [0.2, 0.25) is 11.5 Å². The molecular weight excluding hydrogens is 734 g/mol. The van der Waals surface area contributed by atoms with Crippen LogP contribution in [0.4, 0.5) is 5.13 Å². The van der Waals surface area contributed by atoms with Crippen molar-refractivity contribution in [3.63, 3.8) is 0 Å². The van der Waals surface area contributed by atoms with Crippen LogP contribution >= 0.6 is 34.7 Å². The second kappa shape index (κ2) is 14.3. The predicted octanol–water partition coefficient (Wildman–Crippen LogP) is 4.41. The number of β-lactam (4-membered cyclic amide) rings is 1. The first-order chi connectivity index (χ1) is 24.6. The van der Waals surface area contributed by atoms with Crippen molar-refractivity contribution in [2.45, 2.75) is 37.8 Å². The van der Waals surface area contributed by atoms with E-state index in [2.05, 4.69) is 10.1 Å². The molecule has 268 valence electrons. The van der Waals surface area contributed by atoms with Crippen LogP contribution in [0.5, 0.6) is 11.5 Å². The largest absolute Gasteiger partial charge is 0.504 e. The van der Waals surface area contributed by atoms with E-state index in [0.717, 1.165) is 22.5 Å². The topological polar surface area (TPSA) is 217 Å². The number of nitrogens with zero attached hydrogens (tertiary/aromatic N) is 4. The van der Waals surface area contributed by atoms with Crippen molar-refractivity contribution in [3.8, 4) is 11.5 Å². The van der Waals surface area contributed by atoms with Crippen molar-refractivity contribution in [1.82, 2.24) is 9.88 Å². The van der Waals surface area contributed by atoms with Gasteiger partial charge in [0, 0.05) is 29.2 Å². The van der Waals surface area contributed by atoms with Crippen LogP contribution in [0.15, 0.2) is 76.7 Å². The highest BCUT2D eigenvalue weighted by molar-refractivity contribution is 8.00. The lowest BCUT2D eigenvalue weighted by molar-refractivity contribution is -0.687. The molecule has 0 unspecified atom stereocenters. The number of nitrogen functional groups attached to an aromatic ring is 1. The van der Waals surface area contributed by atoms with Gasteiger partial charge in [-0.1, -0.05) is 53.2 Å². The first-order valence-corrected chi connectivity index (χ1v) is 17.9. The van der Waals surface area contributed by atoms with Gasteiger partial charge >= 0.3 is 11.9 Å². The fourth-order valence-corrected chi connectivity index (χ4v) is 7.78. The van der Waals surface area contributed by atoms with Crippen molar-refractivity contribution < 1.29 is 49.0 Å². The van der Waals surface area contributed by atoms with Crippen LogP contribution in [-0.2, 0) is 30.6 Å². The number of fused-ring (bicyclic) bond motifs is 2. The maximum absolute atomic E-state index is 13.4. The zero-order valence-corrected chi connectivity index (χ0v) is 29.9. The van der Waals surface area contributed by atoms with Crippen LogP contribution in [-0.4, -0.2) is 76.4 Å². The zero-order valence-electron chi connectivity index (χ0n) is 27.5. The fraction of sp³-hybridized carbons (Fsp3) is 0.229. The van der Waals surface area contributed by atoms with Gasteiger partial charge in [0.1, 0.15) is 16.4 Å². The number of aromatic hydroxyl groups is 2. The summed E-state index contributed by atoms with van der Waals surface area (Å²) in [6.45, 7) is 3.01. The summed E-state index contributed by atoms with van der Waals surface area (Å²) in [5.74, 6) is -5.03. The number of hydrogen-bond acceptors (Lipinski definition) is 12.